The fourth-order valence-corrected chi connectivity index (χ4v) is 4.36. The first-order valence-electron chi connectivity index (χ1n) is 10.3. The quantitative estimate of drug-likeness (QED) is 0.340. The summed E-state index contributed by atoms with van der Waals surface area (Å²) in [6.07, 6.45) is 2.05. The predicted octanol–water partition coefficient (Wildman–Crippen LogP) is 6.73. The Kier molecular flexibility index (Phi) is 4.93. The molecule has 0 saturated heterocycles. The summed E-state index contributed by atoms with van der Waals surface area (Å²) in [5.41, 5.74) is 6.41. The Labute approximate surface area is 181 Å². The van der Waals surface area contributed by atoms with Crippen molar-refractivity contribution in [2.24, 2.45) is 0 Å². The van der Waals surface area contributed by atoms with Crippen molar-refractivity contribution in [2.75, 3.05) is 7.11 Å². The number of hydrogen-bond acceptors (Lipinski definition) is 2. The second-order valence-electron chi connectivity index (χ2n) is 7.60. The number of ether oxygens (including phenoxy) is 1. The van der Waals surface area contributed by atoms with E-state index in [4.69, 9.17) is 4.74 Å². The first-order chi connectivity index (χ1) is 15.3. The number of phenols is 1. The number of hydrogen-bond donors (Lipinski definition) is 2. The van der Waals surface area contributed by atoms with Gasteiger partial charge < -0.3 is 14.8 Å². The zero-order chi connectivity index (χ0) is 21.2. The Bertz CT molecular complexity index is 1340. The van der Waals surface area contributed by atoms with E-state index in [0.29, 0.717) is 0 Å². The number of phenolic OH excluding ortho intramolecular Hbond substituents is 1. The molecule has 0 unspecified atom stereocenters. The maximum absolute atomic E-state index is 10.9. The number of methoxy groups -OCH3 is 1. The molecule has 0 amide bonds. The highest BCUT2D eigenvalue weighted by Gasteiger charge is 2.26. The number of rotatable bonds is 5. The van der Waals surface area contributed by atoms with Crippen LogP contribution in [0.3, 0.4) is 0 Å². The van der Waals surface area contributed by atoms with Gasteiger partial charge in [-0.3, -0.25) is 0 Å². The molecule has 1 heterocycles. The van der Waals surface area contributed by atoms with Crippen molar-refractivity contribution in [3.63, 3.8) is 0 Å². The van der Waals surface area contributed by atoms with Crippen molar-refractivity contribution in [1.82, 2.24) is 4.98 Å². The number of para-hydroxylation sites is 1. The van der Waals surface area contributed by atoms with Crippen LogP contribution < -0.4 is 4.74 Å². The summed E-state index contributed by atoms with van der Waals surface area (Å²) >= 11 is 0. The van der Waals surface area contributed by atoms with Crippen LogP contribution in [-0.4, -0.2) is 17.2 Å². The van der Waals surface area contributed by atoms with Crippen molar-refractivity contribution < 1.29 is 9.84 Å². The van der Waals surface area contributed by atoms with Gasteiger partial charge in [-0.05, 0) is 46.5 Å². The minimum Gasteiger partial charge on any atom is -0.508 e. The van der Waals surface area contributed by atoms with E-state index < -0.39 is 0 Å². The lowest BCUT2D eigenvalue weighted by atomic mass is 9.81. The van der Waals surface area contributed by atoms with Crippen LogP contribution in [0.1, 0.15) is 22.6 Å². The molecule has 5 aromatic rings. The maximum Gasteiger partial charge on any atom is 0.120 e. The lowest BCUT2D eigenvalue weighted by Crippen LogP contribution is -2.06. The second kappa shape index (κ2) is 8.04. The van der Waals surface area contributed by atoms with Gasteiger partial charge in [0.25, 0.3) is 0 Å². The molecule has 3 heteroatoms. The number of H-pyrrole nitrogens is 1. The van der Waals surface area contributed by atoms with Crippen LogP contribution in [0.2, 0.25) is 0 Å². The number of aromatic hydroxyl groups is 1. The fourth-order valence-electron chi connectivity index (χ4n) is 4.36. The molecule has 0 bridgehead atoms. The normalized spacial score (nSPS) is 12.0. The van der Waals surface area contributed by atoms with E-state index in [0.717, 1.165) is 44.5 Å². The second-order valence-corrected chi connectivity index (χ2v) is 7.60. The van der Waals surface area contributed by atoms with Gasteiger partial charge in [0.1, 0.15) is 11.5 Å². The van der Waals surface area contributed by atoms with Gasteiger partial charge in [0.05, 0.1) is 7.11 Å². The molecule has 1 aromatic heterocycles. The lowest BCUT2D eigenvalue weighted by Gasteiger charge is -2.23. The minimum absolute atomic E-state index is 0.178. The summed E-state index contributed by atoms with van der Waals surface area (Å²) in [7, 11) is 1.65. The highest BCUT2D eigenvalue weighted by Crippen LogP contribution is 2.44. The van der Waals surface area contributed by atoms with Gasteiger partial charge in [-0.2, -0.15) is 0 Å². The van der Waals surface area contributed by atoms with Crippen molar-refractivity contribution in [1.29, 1.82) is 0 Å². The third-order valence-electron chi connectivity index (χ3n) is 5.83. The monoisotopic (exact) mass is 405 g/mol. The molecular weight excluding hydrogens is 382 g/mol. The average molecular weight is 405 g/mol. The van der Waals surface area contributed by atoms with Crippen molar-refractivity contribution in [3.05, 3.63) is 120 Å². The molecule has 0 aliphatic rings. The predicted molar refractivity (Wildman–Crippen MR) is 126 cm³/mol. The van der Waals surface area contributed by atoms with E-state index in [9.17, 15) is 5.11 Å². The van der Waals surface area contributed by atoms with Crippen LogP contribution in [0.15, 0.2) is 103 Å². The molecule has 4 aromatic carbocycles. The molecule has 0 aliphatic heterocycles. The molecule has 31 heavy (non-hydrogen) atoms. The molecule has 2 N–H and O–H groups in total. The highest BCUT2D eigenvalue weighted by molar-refractivity contribution is 5.86. The molecule has 3 nitrogen and oxygen atoms in total. The summed E-state index contributed by atoms with van der Waals surface area (Å²) in [4.78, 5) is 3.40. The number of aromatic nitrogens is 1. The minimum atomic E-state index is -0.178. The van der Waals surface area contributed by atoms with Gasteiger partial charge in [-0.1, -0.05) is 72.8 Å². The molecule has 152 valence electrons. The molecule has 0 saturated carbocycles. The van der Waals surface area contributed by atoms with Crippen molar-refractivity contribution in [2.45, 2.75) is 5.92 Å². The van der Waals surface area contributed by atoms with Gasteiger partial charge in [-0.15, -0.1) is 0 Å². The van der Waals surface area contributed by atoms with Crippen LogP contribution in [0.5, 0.6) is 11.5 Å². The van der Waals surface area contributed by atoms with Crippen LogP contribution in [0.25, 0.3) is 22.0 Å². The van der Waals surface area contributed by atoms with E-state index >= 15 is 0 Å². The van der Waals surface area contributed by atoms with E-state index in [2.05, 4.69) is 71.8 Å². The third kappa shape index (κ3) is 3.44. The summed E-state index contributed by atoms with van der Waals surface area (Å²) in [5.74, 6) is 0.788. The van der Waals surface area contributed by atoms with E-state index in [1.807, 2.05) is 24.3 Å². The molecule has 0 radical (unpaired) electrons. The average Bonchev–Trinajstić information content (AvgIpc) is 3.25. The van der Waals surface area contributed by atoms with Crippen LogP contribution in [-0.2, 0) is 0 Å². The fraction of sp³-hybridized carbons (Fsp3) is 0.0714. The van der Waals surface area contributed by atoms with Gasteiger partial charge >= 0.3 is 0 Å². The molecule has 1 atom stereocenters. The maximum atomic E-state index is 10.9. The molecule has 0 fully saturated rings. The largest absolute Gasteiger partial charge is 0.508 e. The van der Waals surface area contributed by atoms with Gasteiger partial charge in [-0.25, -0.2) is 0 Å². The molecule has 5 rings (SSSR count). The summed E-state index contributed by atoms with van der Waals surface area (Å²) in [6.45, 7) is 0. The van der Waals surface area contributed by atoms with Crippen molar-refractivity contribution in [3.8, 4) is 22.6 Å². The number of nitrogens with one attached hydrogen (secondary N) is 1. The Hall–Kier alpha value is -3.98. The number of fused-ring (bicyclic) bond motifs is 1. The third-order valence-corrected chi connectivity index (χ3v) is 5.83. The summed E-state index contributed by atoms with van der Waals surface area (Å²) in [6, 6.07) is 32.5. The summed E-state index contributed by atoms with van der Waals surface area (Å²) in [5, 5.41) is 12.1. The number of benzene rings is 4. The summed E-state index contributed by atoms with van der Waals surface area (Å²) < 4.78 is 5.50. The zero-order valence-electron chi connectivity index (χ0n) is 17.2. The van der Waals surface area contributed by atoms with E-state index in [-0.39, 0.29) is 11.7 Å². The lowest BCUT2D eigenvalue weighted by molar-refractivity contribution is 0.410. The van der Waals surface area contributed by atoms with Gasteiger partial charge in [0, 0.05) is 28.6 Å². The van der Waals surface area contributed by atoms with Gasteiger partial charge in [0.2, 0.25) is 0 Å². The topological polar surface area (TPSA) is 45.2 Å². The van der Waals surface area contributed by atoms with Crippen LogP contribution in [0, 0.1) is 0 Å². The van der Waals surface area contributed by atoms with Crippen molar-refractivity contribution >= 4 is 10.9 Å². The molecule has 0 spiro atoms. The number of aromatic amines is 1. The van der Waals surface area contributed by atoms with E-state index in [1.165, 1.54) is 0 Å². The zero-order valence-corrected chi connectivity index (χ0v) is 17.2. The van der Waals surface area contributed by atoms with Crippen LogP contribution in [0.4, 0.5) is 0 Å². The smallest absolute Gasteiger partial charge is 0.120 e. The highest BCUT2D eigenvalue weighted by atomic mass is 16.5. The first kappa shape index (κ1) is 19.0. The molecule has 0 aliphatic carbocycles. The Balaban J connectivity index is 1.81. The Morgan fingerprint density at radius 3 is 2.32 bits per heavy atom. The van der Waals surface area contributed by atoms with Crippen LogP contribution >= 0.6 is 0 Å². The first-order valence-corrected chi connectivity index (χ1v) is 10.3. The Morgan fingerprint density at radius 1 is 0.742 bits per heavy atom. The van der Waals surface area contributed by atoms with E-state index in [1.54, 1.807) is 19.2 Å². The Morgan fingerprint density at radius 2 is 1.48 bits per heavy atom. The molecular formula is C28H23NO2. The SMILES string of the molecule is COc1ccc(O)c([C@@H](c2ccccc2-c2ccccc2)c2c[nH]c3ccccc23)c1. The standard InChI is InChI=1S/C28H23NO2/c1-31-20-15-16-27(30)24(17-20)28(25-18-29-26-14-8-7-12-22(25)26)23-13-6-5-11-21(23)19-9-3-2-4-10-19/h2-18,28-30H,1H3/t28-/m1/s1. The van der Waals surface area contributed by atoms with Gasteiger partial charge in [0.15, 0.2) is 0 Å².